The van der Waals surface area contributed by atoms with Crippen molar-refractivity contribution in [2.45, 2.75) is 39.7 Å². The van der Waals surface area contributed by atoms with Crippen LogP contribution in [-0.4, -0.2) is 28.1 Å². The zero-order valence-electron chi connectivity index (χ0n) is 17.4. The van der Waals surface area contributed by atoms with Crippen molar-refractivity contribution in [1.82, 2.24) is 15.1 Å². The van der Waals surface area contributed by atoms with E-state index in [2.05, 4.69) is 10.4 Å². The molecule has 0 atom stereocenters. The number of anilines is 1. The first-order valence-corrected chi connectivity index (χ1v) is 10.3. The van der Waals surface area contributed by atoms with Crippen LogP contribution in [0.3, 0.4) is 0 Å². The van der Waals surface area contributed by atoms with E-state index in [0.717, 1.165) is 46.9 Å². The number of rotatable bonds is 6. The third-order valence-corrected chi connectivity index (χ3v) is 5.59. The Morgan fingerprint density at radius 2 is 1.77 bits per heavy atom. The summed E-state index contributed by atoms with van der Waals surface area (Å²) in [6, 6.07) is 17.7. The molecule has 0 unspecified atom stereocenters. The van der Waals surface area contributed by atoms with Crippen LogP contribution < -0.4 is 10.2 Å². The van der Waals surface area contributed by atoms with Gasteiger partial charge >= 0.3 is 0 Å². The number of nitrogens with zero attached hydrogens (tertiary/aromatic N) is 3. The first-order valence-electron chi connectivity index (χ1n) is 10.3. The van der Waals surface area contributed by atoms with E-state index < -0.39 is 0 Å². The van der Waals surface area contributed by atoms with Gasteiger partial charge in [-0.05, 0) is 50.1 Å². The average molecular weight is 402 g/mol. The molecule has 3 aromatic rings. The summed E-state index contributed by atoms with van der Waals surface area (Å²) < 4.78 is 1.89. The lowest BCUT2D eigenvalue weighted by atomic mass is 10.1. The SMILES string of the molecule is Cc1nn(-c2ccccc2)c(C)c1CC(=O)NCc1ccc(N2CCCC2=O)cc1. The van der Waals surface area contributed by atoms with E-state index in [0.29, 0.717) is 19.4 Å². The summed E-state index contributed by atoms with van der Waals surface area (Å²) in [7, 11) is 0. The number of aryl methyl sites for hydroxylation is 1. The third kappa shape index (κ3) is 4.13. The summed E-state index contributed by atoms with van der Waals surface area (Å²) in [5, 5.41) is 7.60. The highest BCUT2D eigenvalue weighted by Crippen LogP contribution is 2.22. The average Bonchev–Trinajstić information content (AvgIpc) is 3.31. The molecule has 1 aliphatic heterocycles. The van der Waals surface area contributed by atoms with E-state index >= 15 is 0 Å². The van der Waals surface area contributed by atoms with Gasteiger partial charge in [0.25, 0.3) is 0 Å². The Balaban J connectivity index is 1.37. The Bertz CT molecular complexity index is 1050. The molecule has 1 fully saturated rings. The van der Waals surface area contributed by atoms with Gasteiger partial charge in [-0.2, -0.15) is 5.10 Å². The van der Waals surface area contributed by atoms with Crippen LogP contribution in [0.25, 0.3) is 5.69 Å². The van der Waals surface area contributed by atoms with Gasteiger partial charge < -0.3 is 10.2 Å². The van der Waals surface area contributed by atoms with Crippen molar-refractivity contribution in [3.05, 3.63) is 77.1 Å². The molecule has 1 N–H and O–H groups in total. The lowest BCUT2D eigenvalue weighted by Crippen LogP contribution is -2.25. The van der Waals surface area contributed by atoms with Crippen molar-refractivity contribution in [3.8, 4) is 5.69 Å². The van der Waals surface area contributed by atoms with Crippen LogP contribution in [0.2, 0.25) is 0 Å². The highest BCUT2D eigenvalue weighted by molar-refractivity contribution is 5.95. The third-order valence-electron chi connectivity index (χ3n) is 5.59. The topological polar surface area (TPSA) is 67.2 Å². The normalized spacial score (nSPS) is 13.7. The number of hydrogen-bond acceptors (Lipinski definition) is 3. The first-order chi connectivity index (χ1) is 14.5. The molecule has 0 saturated carbocycles. The zero-order valence-corrected chi connectivity index (χ0v) is 17.4. The van der Waals surface area contributed by atoms with Crippen molar-refractivity contribution in [3.63, 3.8) is 0 Å². The van der Waals surface area contributed by atoms with Crippen molar-refractivity contribution < 1.29 is 9.59 Å². The van der Waals surface area contributed by atoms with Crippen molar-refractivity contribution >= 4 is 17.5 Å². The number of amides is 2. The van der Waals surface area contributed by atoms with Crippen molar-refractivity contribution in [2.24, 2.45) is 0 Å². The van der Waals surface area contributed by atoms with Gasteiger partial charge in [-0.15, -0.1) is 0 Å². The minimum Gasteiger partial charge on any atom is -0.352 e. The number of carbonyl (C=O) groups is 2. The molecule has 30 heavy (non-hydrogen) atoms. The maximum atomic E-state index is 12.6. The Kier molecular flexibility index (Phi) is 5.65. The number of carbonyl (C=O) groups excluding carboxylic acids is 2. The van der Waals surface area contributed by atoms with Gasteiger partial charge in [0.2, 0.25) is 11.8 Å². The van der Waals surface area contributed by atoms with Gasteiger partial charge in [-0.3, -0.25) is 9.59 Å². The van der Waals surface area contributed by atoms with E-state index in [1.165, 1.54) is 0 Å². The number of nitrogens with one attached hydrogen (secondary N) is 1. The maximum Gasteiger partial charge on any atom is 0.227 e. The number of para-hydroxylation sites is 1. The number of benzene rings is 2. The molecule has 0 spiro atoms. The minimum atomic E-state index is -0.0346. The summed E-state index contributed by atoms with van der Waals surface area (Å²) >= 11 is 0. The van der Waals surface area contributed by atoms with Gasteiger partial charge in [0, 0.05) is 36.5 Å². The summed E-state index contributed by atoms with van der Waals surface area (Å²) in [5.74, 6) is 0.144. The fourth-order valence-corrected chi connectivity index (χ4v) is 3.89. The molecule has 154 valence electrons. The molecule has 0 aliphatic carbocycles. The monoisotopic (exact) mass is 402 g/mol. The summed E-state index contributed by atoms with van der Waals surface area (Å²) in [6.07, 6.45) is 1.83. The van der Waals surface area contributed by atoms with E-state index in [1.807, 2.05) is 78.0 Å². The second-order valence-electron chi connectivity index (χ2n) is 7.67. The molecular formula is C24H26N4O2. The van der Waals surface area contributed by atoms with Crippen LogP contribution in [0.5, 0.6) is 0 Å². The molecule has 0 bridgehead atoms. The molecule has 6 nitrogen and oxygen atoms in total. The smallest absolute Gasteiger partial charge is 0.227 e. The maximum absolute atomic E-state index is 12.6. The zero-order chi connectivity index (χ0) is 21.1. The number of hydrogen-bond donors (Lipinski definition) is 1. The van der Waals surface area contributed by atoms with Crippen LogP contribution in [-0.2, 0) is 22.6 Å². The Morgan fingerprint density at radius 3 is 2.43 bits per heavy atom. The Labute approximate surface area is 176 Å². The second kappa shape index (κ2) is 8.53. The molecule has 2 amide bonds. The highest BCUT2D eigenvalue weighted by atomic mass is 16.2. The summed E-state index contributed by atoms with van der Waals surface area (Å²) in [4.78, 5) is 26.2. The molecule has 4 rings (SSSR count). The van der Waals surface area contributed by atoms with Gasteiger partial charge in [0.15, 0.2) is 0 Å². The van der Waals surface area contributed by atoms with Crippen LogP contribution in [0.1, 0.15) is 35.4 Å². The Morgan fingerprint density at radius 1 is 1.03 bits per heavy atom. The predicted octanol–water partition coefficient (Wildman–Crippen LogP) is 3.47. The molecule has 1 saturated heterocycles. The van der Waals surface area contributed by atoms with Crippen molar-refractivity contribution in [2.75, 3.05) is 11.4 Å². The standard InChI is InChI=1S/C24H26N4O2/c1-17-22(18(2)28(26-17)21-7-4-3-5-8-21)15-23(29)25-16-19-10-12-20(13-11-19)27-14-6-9-24(27)30/h3-5,7-8,10-13H,6,9,14-16H2,1-2H3,(H,25,29). The lowest BCUT2D eigenvalue weighted by Gasteiger charge is -2.16. The van der Waals surface area contributed by atoms with E-state index in [-0.39, 0.29) is 11.8 Å². The number of aromatic nitrogens is 2. The quantitative estimate of drug-likeness (QED) is 0.686. The van der Waals surface area contributed by atoms with Crippen LogP contribution in [0.15, 0.2) is 54.6 Å². The van der Waals surface area contributed by atoms with E-state index in [1.54, 1.807) is 0 Å². The summed E-state index contributed by atoms with van der Waals surface area (Å²) in [6.45, 7) is 5.17. The molecule has 1 aliphatic rings. The van der Waals surface area contributed by atoms with Crippen molar-refractivity contribution in [1.29, 1.82) is 0 Å². The fraction of sp³-hybridized carbons (Fsp3) is 0.292. The van der Waals surface area contributed by atoms with Crippen LogP contribution >= 0.6 is 0 Å². The van der Waals surface area contributed by atoms with Gasteiger partial charge in [-0.25, -0.2) is 4.68 Å². The molecule has 2 heterocycles. The molecule has 1 aromatic heterocycles. The fourth-order valence-electron chi connectivity index (χ4n) is 3.89. The van der Waals surface area contributed by atoms with E-state index in [4.69, 9.17) is 0 Å². The summed E-state index contributed by atoms with van der Waals surface area (Å²) in [5.41, 5.74) is 5.72. The second-order valence-corrected chi connectivity index (χ2v) is 7.67. The minimum absolute atomic E-state index is 0.0346. The van der Waals surface area contributed by atoms with Gasteiger partial charge in [0.1, 0.15) is 0 Å². The van der Waals surface area contributed by atoms with Gasteiger partial charge in [0.05, 0.1) is 17.8 Å². The molecule has 0 radical (unpaired) electrons. The lowest BCUT2D eigenvalue weighted by molar-refractivity contribution is -0.120. The highest BCUT2D eigenvalue weighted by Gasteiger charge is 2.21. The predicted molar refractivity (Wildman–Crippen MR) is 117 cm³/mol. The van der Waals surface area contributed by atoms with Gasteiger partial charge in [-0.1, -0.05) is 30.3 Å². The van der Waals surface area contributed by atoms with E-state index in [9.17, 15) is 9.59 Å². The molecular weight excluding hydrogens is 376 g/mol. The molecule has 2 aromatic carbocycles. The van der Waals surface area contributed by atoms with Crippen LogP contribution in [0.4, 0.5) is 5.69 Å². The largest absolute Gasteiger partial charge is 0.352 e. The first kappa shape index (κ1) is 19.9. The van der Waals surface area contributed by atoms with Crippen LogP contribution in [0, 0.1) is 13.8 Å². The Hall–Kier alpha value is -3.41. The molecule has 6 heteroatoms.